The van der Waals surface area contributed by atoms with Gasteiger partial charge in [-0.15, -0.1) is 0 Å². The van der Waals surface area contributed by atoms with Crippen LogP contribution in [0.15, 0.2) is 0 Å². The predicted molar refractivity (Wildman–Crippen MR) is 21.7 cm³/mol. The Morgan fingerprint density at radius 3 is 0.400 bits per heavy atom. The smallest absolute Gasteiger partial charge is 0.412 e. The molecule has 0 saturated heterocycles. The van der Waals surface area contributed by atoms with Crippen LogP contribution < -0.4 is 25.2 Å². The van der Waals surface area contributed by atoms with Crippen molar-refractivity contribution in [1.29, 1.82) is 0 Å². The third kappa shape index (κ3) is 2130. The van der Waals surface area contributed by atoms with Gasteiger partial charge in [0, 0.05) is 0 Å². The van der Waals surface area contributed by atoms with Crippen LogP contribution in [0.3, 0.4) is 0 Å². The molecule has 15 heteroatoms. The fourth-order valence-corrected chi connectivity index (χ4v) is 0. The van der Waals surface area contributed by atoms with E-state index in [0.29, 0.717) is 0 Å². The molecule has 0 aromatic carbocycles. The molecule has 12 nitrogen and oxygen atoms in total. The predicted octanol–water partition coefficient (Wildman–Crippen LogP) is -12.1. The third-order valence-corrected chi connectivity index (χ3v) is 0. The maximum atomic E-state index is 8.52. The molecule has 0 unspecified atom stereocenters. The Morgan fingerprint density at radius 2 is 0.400 bits per heavy atom. The number of halogens is 2. The van der Waals surface area contributed by atoms with E-state index in [1.807, 2.05) is 0 Å². The Bertz CT molecular complexity index is 29.1. The van der Waals surface area contributed by atoms with Crippen LogP contribution >= 0.6 is 0 Å². The Hall–Kier alpha value is 1.10. The van der Waals surface area contributed by atoms with Crippen molar-refractivity contribution in [2.24, 2.45) is 0 Å². The summed E-state index contributed by atoms with van der Waals surface area (Å²) >= 11 is -7.29. The molecular formula is H12Br2O12Zn. The van der Waals surface area contributed by atoms with Gasteiger partial charge in [0.2, 0.25) is 29.6 Å². The molecule has 0 aromatic rings. The molecule has 0 aromatic heterocycles. The van der Waals surface area contributed by atoms with E-state index >= 15 is 0 Å². The first kappa shape index (κ1) is 72.8. The van der Waals surface area contributed by atoms with Gasteiger partial charge < -0.3 is 58.0 Å². The monoisotopic (exact) mass is 426 g/mol. The van der Waals surface area contributed by atoms with Gasteiger partial charge in [0.15, 0.2) is 0 Å². The zero-order chi connectivity index (χ0) is 7.15. The Morgan fingerprint density at radius 1 is 0.400 bits per heavy atom. The molecule has 15 heavy (non-hydrogen) atoms. The molecule has 0 fully saturated rings. The van der Waals surface area contributed by atoms with Crippen molar-refractivity contribution in [3.63, 3.8) is 0 Å². The molecular weight excluding hydrogens is 417 g/mol. The van der Waals surface area contributed by atoms with Crippen molar-refractivity contribution < 1.29 is 107 Å². The van der Waals surface area contributed by atoms with E-state index in [1.165, 1.54) is 0 Å². The van der Waals surface area contributed by atoms with Gasteiger partial charge in [-0.1, -0.05) is 0 Å². The maximum absolute atomic E-state index is 8.52. The van der Waals surface area contributed by atoms with E-state index in [1.54, 1.807) is 0 Å². The van der Waals surface area contributed by atoms with Crippen LogP contribution in [0.1, 0.15) is 0 Å². The summed E-state index contributed by atoms with van der Waals surface area (Å²) in [4.78, 5) is 0. The molecule has 0 atom stereocenters. The summed E-state index contributed by atoms with van der Waals surface area (Å²) in [5, 5.41) is 0. The fraction of sp³-hybridized carbons (Fsp3) is 0. The first-order valence-corrected chi connectivity index (χ1v) is 4.81. The standard InChI is InChI=1S/2BrO3.6H2O.Zn/c2*2-1(3)4;;;;;;;/h;;6*1H2;/q2*-1;;;;;;;+2. The van der Waals surface area contributed by atoms with Crippen LogP contribution in [-0.2, 0) is 19.5 Å². The van der Waals surface area contributed by atoms with Crippen LogP contribution in [0.4, 0.5) is 0 Å². The van der Waals surface area contributed by atoms with Crippen LogP contribution in [0.5, 0.6) is 0 Å². The minimum absolute atomic E-state index is 0. The summed E-state index contributed by atoms with van der Waals surface area (Å²) in [5.41, 5.74) is 0. The van der Waals surface area contributed by atoms with E-state index in [2.05, 4.69) is 0 Å². The van der Waals surface area contributed by atoms with E-state index in [4.69, 9.17) is 25.2 Å². The second-order valence-electron chi connectivity index (χ2n) is 0.378. The van der Waals surface area contributed by atoms with Crippen molar-refractivity contribution in [3.8, 4) is 0 Å². The average molecular weight is 429 g/mol. The molecule has 0 amide bonds. The Labute approximate surface area is 107 Å². The summed E-state index contributed by atoms with van der Waals surface area (Å²) in [7, 11) is 0. The zero-order valence-electron chi connectivity index (χ0n) is 6.91. The van der Waals surface area contributed by atoms with Crippen molar-refractivity contribution >= 4 is 0 Å². The largest absolute Gasteiger partial charge is 2.00 e. The summed E-state index contributed by atoms with van der Waals surface area (Å²) in [6, 6.07) is 0. The van der Waals surface area contributed by atoms with Gasteiger partial charge in [-0.3, -0.25) is 0 Å². The van der Waals surface area contributed by atoms with Crippen LogP contribution in [0.2, 0.25) is 0 Å². The summed E-state index contributed by atoms with van der Waals surface area (Å²) in [5.74, 6) is 0. The first-order chi connectivity index (χ1) is 3.46. The SMILES string of the molecule is O.O.O.O.O.O.[O-][Br+2]([O-])[O-].[O-][Br+2]([O-])[O-].[Zn+2]. The molecule has 0 aliphatic rings. The summed E-state index contributed by atoms with van der Waals surface area (Å²) < 4.78 is 51.1. The van der Waals surface area contributed by atoms with Crippen molar-refractivity contribution in [2.75, 3.05) is 0 Å². The molecule has 0 saturated carbocycles. The topological polar surface area (TPSA) is 327 Å². The fourth-order valence-electron chi connectivity index (χ4n) is 0. The van der Waals surface area contributed by atoms with Crippen LogP contribution in [0, 0.1) is 29.6 Å². The van der Waals surface area contributed by atoms with Crippen molar-refractivity contribution in [3.05, 3.63) is 0 Å². The molecule has 0 spiro atoms. The zero-order valence-corrected chi connectivity index (χ0v) is 13.1. The van der Waals surface area contributed by atoms with E-state index in [-0.39, 0.29) is 52.3 Å². The molecule has 12 N–H and O–H groups in total. The molecule has 0 heterocycles. The van der Waals surface area contributed by atoms with E-state index < -0.39 is 29.6 Å². The van der Waals surface area contributed by atoms with Gasteiger partial charge in [0.25, 0.3) is 0 Å². The summed E-state index contributed by atoms with van der Waals surface area (Å²) in [6.45, 7) is 0. The maximum Gasteiger partial charge on any atom is 2.00 e. The molecule has 0 rings (SSSR count). The number of rotatable bonds is 0. The van der Waals surface area contributed by atoms with Gasteiger partial charge in [-0.2, -0.15) is 0 Å². The number of hydrogen-bond donors (Lipinski definition) is 0. The van der Waals surface area contributed by atoms with Gasteiger partial charge in [0.05, 0.1) is 0 Å². The van der Waals surface area contributed by atoms with Crippen molar-refractivity contribution in [1.82, 2.24) is 0 Å². The van der Waals surface area contributed by atoms with E-state index in [0.717, 1.165) is 0 Å². The Kier molecular flexibility index (Phi) is 289. The summed E-state index contributed by atoms with van der Waals surface area (Å²) in [6.07, 6.45) is 0. The van der Waals surface area contributed by atoms with Crippen LogP contribution in [-0.4, -0.2) is 32.9 Å². The van der Waals surface area contributed by atoms with Crippen LogP contribution in [0.25, 0.3) is 0 Å². The molecule has 0 aliphatic carbocycles. The molecule has 0 bridgehead atoms. The van der Waals surface area contributed by atoms with E-state index in [9.17, 15) is 0 Å². The minimum Gasteiger partial charge on any atom is -0.412 e. The average Bonchev–Trinajstić information content (AvgIpc) is 1.25. The molecule has 0 aliphatic heterocycles. The van der Waals surface area contributed by atoms with Gasteiger partial charge in [-0.05, 0) is 0 Å². The van der Waals surface area contributed by atoms with Gasteiger partial charge >= 0.3 is 19.5 Å². The van der Waals surface area contributed by atoms with Crippen molar-refractivity contribution in [2.45, 2.75) is 0 Å². The third-order valence-electron chi connectivity index (χ3n) is 0. The first-order valence-electron chi connectivity index (χ1n) is 0.926. The number of hydrogen-bond acceptors (Lipinski definition) is 6. The van der Waals surface area contributed by atoms with Gasteiger partial charge in [0.1, 0.15) is 0 Å². The molecule has 100 valence electrons. The molecule has 0 radical (unpaired) electrons. The minimum atomic E-state index is -3.65. The normalized spacial score (nSPS) is 4.80. The quantitative estimate of drug-likeness (QED) is 0.336. The second-order valence-corrected chi connectivity index (χ2v) is 1.96. The Balaban J connectivity index is -0.00000000468. The second kappa shape index (κ2) is 59.5. The van der Waals surface area contributed by atoms with Gasteiger partial charge in [-0.25, -0.2) is 0 Å².